The number of nitrogens with two attached hydrogens (primary N) is 2. The Balaban J connectivity index is 0.000000211. The molecule has 430 valence electrons. The van der Waals surface area contributed by atoms with Crippen molar-refractivity contribution < 1.29 is 87.6 Å². The molecule has 2 aromatic heterocycles. The number of primary amides is 2. The zero-order valence-corrected chi connectivity index (χ0v) is 47.2. The Morgan fingerprint density at radius 2 is 1.13 bits per heavy atom. The maximum Gasteiger partial charge on any atom is 0.534 e. The predicted octanol–water partition coefficient (Wildman–Crippen LogP) is 14.8. The summed E-state index contributed by atoms with van der Waals surface area (Å²) in [5.41, 5.74) is 8.76. The minimum atomic E-state index is -5.47. The molecule has 0 aliphatic heterocycles. The van der Waals surface area contributed by atoms with Crippen molar-refractivity contribution in [3.8, 4) is 11.5 Å². The molecule has 6 aromatic rings. The van der Waals surface area contributed by atoms with E-state index < -0.39 is 61.8 Å². The van der Waals surface area contributed by atoms with Crippen LogP contribution < -0.4 is 20.9 Å². The number of fused-ring (bicyclic) bond motifs is 2. The number of carbonyl (C=O) groups excluding carboxylic acids is 3. The van der Waals surface area contributed by atoms with Crippen LogP contribution in [-0.4, -0.2) is 41.5 Å². The molecule has 2 amide bonds. The molecule has 4 N–H and O–H groups in total. The number of aromatic nitrogens is 2. The van der Waals surface area contributed by atoms with E-state index in [1.54, 1.807) is 0 Å². The first kappa shape index (κ1) is 64.1. The number of Topliss-reactive ketones (excluding diaryl/α,β-unsaturated/α-hetero) is 1. The molecule has 0 unspecified atom stereocenters. The van der Waals surface area contributed by atoms with Gasteiger partial charge in [0, 0.05) is 39.7 Å². The Kier molecular flexibility index (Phi) is 24.1. The van der Waals surface area contributed by atoms with Gasteiger partial charge in [-0.1, -0.05) is 43.9 Å². The molecule has 0 atom stereocenters. The van der Waals surface area contributed by atoms with E-state index in [1.807, 2.05) is 6.07 Å². The van der Waals surface area contributed by atoms with Crippen molar-refractivity contribution in [2.45, 2.75) is 140 Å². The minimum Gasteiger partial charge on any atom is -0.483 e. The number of benzene rings is 4. The normalized spacial score (nSPS) is 15.7. The number of alkyl halides is 3. The van der Waals surface area contributed by atoms with E-state index in [4.69, 9.17) is 20.9 Å². The number of ketones is 1. The molecule has 2 saturated carbocycles. The van der Waals surface area contributed by atoms with E-state index in [2.05, 4.69) is 50.6 Å². The van der Waals surface area contributed by atoms with Crippen LogP contribution in [-0.2, 0) is 52.7 Å². The molecule has 4 aromatic carbocycles. The number of rotatable bonds is 12. The van der Waals surface area contributed by atoms with Crippen molar-refractivity contribution in [3.63, 3.8) is 0 Å². The fourth-order valence-electron chi connectivity index (χ4n) is 9.12. The second-order valence-corrected chi connectivity index (χ2v) is 22.5. The maximum absolute atomic E-state index is 14.3. The molecule has 0 saturated heterocycles. The van der Waals surface area contributed by atoms with Gasteiger partial charge < -0.3 is 32.6 Å². The third-order valence-electron chi connectivity index (χ3n) is 13.1. The van der Waals surface area contributed by atoms with Gasteiger partial charge in [0.15, 0.2) is 23.1 Å². The fourth-order valence-corrected chi connectivity index (χ4v) is 11.4. The Labute approximate surface area is 476 Å². The Morgan fingerprint density at radius 1 is 0.633 bits per heavy atom. The van der Waals surface area contributed by atoms with Gasteiger partial charge in [-0.3, -0.25) is 14.4 Å². The number of thiazole rings is 2. The van der Waals surface area contributed by atoms with Crippen LogP contribution in [0.4, 0.5) is 30.7 Å². The molecule has 4 aliphatic carbocycles. The van der Waals surface area contributed by atoms with Crippen molar-refractivity contribution in [2.24, 2.45) is 11.5 Å². The topological polar surface area (TPSA) is 191 Å². The van der Waals surface area contributed by atoms with Crippen molar-refractivity contribution in [3.05, 3.63) is 142 Å². The van der Waals surface area contributed by atoms with Gasteiger partial charge in [0.2, 0.25) is 0 Å². The molecule has 12 nitrogen and oxygen atoms in total. The average molecular weight is 1250 g/mol. The van der Waals surface area contributed by atoms with Crippen LogP contribution in [0.3, 0.4) is 0 Å². The van der Waals surface area contributed by atoms with Crippen molar-refractivity contribution >= 4 is 76.4 Å². The van der Waals surface area contributed by atoms with E-state index in [1.165, 1.54) is 96.8 Å². The van der Waals surface area contributed by atoms with Crippen LogP contribution in [0.15, 0.2) is 78.6 Å². The number of halogens is 7. The monoisotopic (exact) mass is 1250 g/mol. The second kappa shape index (κ2) is 29.7. The first-order valence-corrected chi connectivity index (χ1v) is 28.3. The summed E-state index contributed by atoms with van der Waals surface area (Å²) in [5.74, 6) is -6.05. The number of ether oxygens (including phenoxy) is 2. The quantitative estimate of drug-likeness (QED) is 0.0392. The second-order valence-electron chi connectivity index (χ2n) is 18.7. The molecule has 2 fully saturated rings. The third kappa shape index (κ3) is 17.6. The number of allylic oxidation sites excluding steroid dienone is 4. The molecule has 0 radical (unpaired) electrons. The standard InChI is InChI=1S/C21H20F2N2O2S.C21H18F2N2O2S.C7H9F3O3S.C6H10O.CH3.Pd/c2*22-14-7-8-16(20(23)19(14)21(24)26)27-11-18-25-15-10-13(6-9-17(15)28-18)12-4-2-1-3-5-12;8-7(9,10)14(11,12)13-6-4-2-1-3-5-6;7-6-4-2-1-3-5-6;;/h6-10,12H,1-5,11H2,(H2,24,26);4,6-10H,1-3,5,11H2,(H2,24,26);4H,1-3,5H2;1-5H2;1H3;/q;;;;-1;. The zero-order valence-electron chi connectivity index (χ0n) is 43.1. The van der Waals surface area contributed by atoms with Gasteiger partial charge in [-0.05, 0) is 148 Å². The van der Waals surface area contributed by atoms with Gasteiger partial charge in [0.25, 0.3) is 11.8 Å². The summed E-state index contributed by atoms with van der Waals surface area (Å²) in [6, 6.07) is 16.8. The molecule has 79 heavy (non-hydrogen) atoms. The first-order chi connectivity index (χ1) is 36.8. The largest absolute Gasteiger partial charge is 0.534 e. The fraction of sp³-hybridized carbons (Fsp3) is 0.393. The van der Waals surface area contributed by atoms with Gasteiger partial charge in [0.05, 0.1) is 20.4 Å². The Hall–Kier alpha value is -5.73. The first-order valence-electron chi connectivity index (χ1n) is 25.3. The Morgan fingerprint density at radius 3 is 1.59 bits per heavy atom. The van der Waals surface area contributed by atoms with Gasteiger partial charge in [-0.25, -0.2) is 27.5 Å². The van der Waals surface area contributed by atoms with Gasteiger partial charge >= 0.3 is 15.6 Å². The van der Waals surface area contributed by atoms with Gasteiger partial charge in [-0.2, -0.15) is 21.6 Å². The van der Waals surface area contributed by atoms with Crippen molar-refractivity contribution in [1.29, 1.82) is 0 Å². The molecule has 23 heteroatoms. The van der Waals surface area contributed by atoms with Gasteiger partial charge in [0.1, 0.15) is 57.5 Å². The third-order valence-corrected chi connectivity index (χ3v) is 16.1. The van der Waals surface area contributed by atoms with E-state index >= 15 is 0 Å². The van der Waals surface area contributed by atoms with Crippen LogP contribution in [0.1, 0.15) is 163 Å². The maximum atomic E-state index is 14.3. The van der Waals surface area contributed by atoms with Gasteiger partial charge in [-0.15, -0.1) is 22.7 Å². The van der Waals surface area contributed by atoms with Crippen LogP contribution >= 0.6 is 22.7 Å². The number of carbonyl (C=O) groups is 3. The number of amides is 2. The summed E-state index contributed by atoms with van der Waals surface area (Å²) < 4.78 is 129. The molecule has 10 rings (SSSR count). The van der Waals surface area contributed by atoms with E-state index in [9.17, 15) is 53.5 Å². The molecule has 0 bridgehead atoms. The Bertz CT molecular complexity index is 3260. The van der Waals surface area contributed by atoms with Crippen LogP contribution in [0.2, 0.25) is 0 Å². The summed E-state index contributed by atoms with van der Waals surface area (Å²) in [7, 11) is -5.47. The molecular weight excluding hydrogens is 1190 g/mol. The molecule has 0 spiro atoms. The average Bonchev–Trinajstić information content (AvgIpc) is 4.06. The van der Waals surface area contributed by atoms with Crippen LogP contribution in [0, 0.1) is 30.7 Å². The molecule has 2 heterocycles. The number of hydrogen-bond acceptors (Lipinski definition) is 12. The molecular formula is C56H60F7N4O8PdS3-. The SMILES string of the molecule is NC(=O)c1c(F)ccc(OCc2nc3cc(C4=CCCCC4)ccc3s2)c1F.NC(=O)c1c(F)ccc(OCc2nc3cc(C4CCCCC4)ccc3s2)c1F.O=C1CCCCC1.O=S(=O)(OC1=CCCCC1)C(F)(F)F.[CH3-].[Pd]. The number of nitrogens with zero attached hydrogens (tertiary/aromatic N) is 2. The molecule has 4 aliphatic rings. The summed E-state index contributed by atoms with van der Waals surface area (Å²) in [6.45, 7) is 0.0387. The van der Waals surface area contributed by atoms with Crippen LogP contribution in [0.25, 0.3) is 26.0 Å². The summed E-state index contributed by atoms with van der Waals surface area (Å²) in [6.07, 6.45) is 22.1. The zero-order chi connectivity index (χ0) is 55.3. The van der Waals surface area contributed by atoms with Crippen LogP contribution in [0.5, 0.6) is 11.5 Å². The number of hydrogen-bond donors (Lipinski definition) is 2. The van der Waals surface area contributed by atoms with Crippen molar-refractivity contribution in [1.82, 2.24) is 9.97 Å². The summed E-state index contributed by atoms with van der Waals surface area (Å²) in [5, 5.41) is 1.34. The van der Waals surface area contributed by atoms with E-state index in [0.29, 0.717) is 34.6 Å². The van der Waals surface area contributed by atoms with E-state index in [-0.39, 0.29) is 64.7 Å². The minimum absolute atomic E-state index is 0. The predicted molar refractivity (Wildman–Crippen MR) is 287 cm³/mol. The smallest absolute Gasteiger partial charge is 0.483 e. The summed E-state index contributed by atoms with van der Waals surface area (Å²) >= 11 is 2.91. The summed E-state index contributed by atoms with van der Waals surface area (Å²) in [4.78, 5) is 42.1. The van der Waals surface area contributed by atoms with E-state index in [0.717, 1.165) is 89.6 Å². The van der Waals surface area contributed by atoms with Crippen molar-refractivity contribution in [2.75, 3.05) is 0 Å².